The summed E-state index contributed by atoms with van der Waals surface area (Å²) in [6.07, 6.45) is 4.59. The van der Waals surface area contributed by atoms with Gasteiger partial charge in [-0.15, -0.1) is 0 Å². The minimum absolute atomic E-state index is 0.0188. The van der Waals surface area contributed by atoms with Crippen molar-refractivity contribution in [3.8, 4) is 28.8 Å². The SMILES string of the molecule is CN1CCC[C@H]1COc1nc2c(F)c(-c3cc(O)cc4ccccc34)c(CCCC#N)cc2c2c1N(CCO)C(=O)C21CCCNC1. The van der Waals surface area contributed by atoms with Crippen LogP contribution in [0.15, 0.2) is 42.5 Å². The zero-order chi connectivity index (χ0) is 32.7. The number of nitrogens with zero attached hydrogens (tertiary/aromatic N) is 4. The maximum atomic E-state index is 17.5. The summed E-state index contributed by atoms with van der Waals surface area (Å²) in [7, 11) is 2.06. The van der Waals surface area contributed by atoms with Crippen molar-refractivity contribution < 1.29 is 24.1 Å². The highest BCUT2D eigenvalue weighted by Gasteiger charge is 2.54. The first kappa shape index (κ1) is 31.3. The number of β-amino-alcohol motifs (C(OH)–C–C–N with tert-alkyl or cyclic N) is 1. The second kappa shape index (κ2) is 12.7. The lowest BCUT2D eigenvalue weighted by molar-refractivity contribution is -0.123. The van der Waals surface area contributed by atoms with Crippen molar-refractivity contribution in [2.24, 2.45) is 0 Å². The monoisotopic (exact) mass is 637 g/mol. The third kappa shape index (κ3) is 5.27. The molecule has 2 fully saturated rings. The van der Waals surface area contributed by atoms with Crippen LogP contribution in [0.1, 0.15) is 49.7 Å². The van der Waals surface area contributed by atoms with Crippen LogP contribution in [0.25, 0.3) is 32.8 Å². The number of hydrogen-bond donors (Lipinski definition) is 3. The van der Waals surface area contributed by atoms with Crippen molar-refractivity contribution in [3.63, 3.8) is 0 Å². The maximum absolute atomic E-state index is 17.5. The Morgan fingerprint density at radius 2 is 2.06 bits per heavy atom. The van der Waals surface area contributed by atoms with E-state index in [1.165, 1.54) is 0 Å². The van der Waals surface area contributed by atoms with Crippen molar-refractivity contribution in [2.45, 2.75) is 56.4 Å². The summed E-state index contributed by atoms with van der Waals surface area (Å²) in [6.45, 7) is 2.29. The van der Waals surface area contributed by atoms with E-state index in [4.69, 9.17) is 9.72 Å². The molecule has 3 N–H and O–H groups in total. The van der Waals surface area contributed by atoms with Gasteiger partial charge in [-0.05, 0) is 98.8 Å². The van der Waals surface area contributed by atoms with Crippen molar-refractivity contribution in [2.75, 3.05) is 51.3 Å². The van der Waals surface area contributed by atoms with Crippen LogP contribution in [-0.4, -0.2) is 78.5 Å². The predicted molar refractivity (Wildman–Crippen MR) is 179 cm³/mol. The highest BCUT2D eigenvalue weighted by molar-refractivity contribution is 6.15. The number of aromatic hydroxyl groups is 1. The number of likely N-dealkylation sites (tertiary alicyclic amines) is 1. The number of ether oxygens (including phenoxy) is 1. The van der Waals surface area contributed by atoms with Crippen LogP contribution >= 0.6 is 0 Å². The first-order chi connectivity index (χ1) is 22.9. The number of anilines is 1. The van der Waals surface area contributed by atoms with Gasteiger partial charge in [0.25, 0.3) is 0 Å². The largest absolute Gasteiger partial charge is 0.508 e. The summed E-state index contributed by atoms with van der Waals surface area (Å²) < 4.78 is 24.0. The first-order valence-corrected chi connectivity index (χ1v) is 16.6. The molecule has 0 saturated carbocycles. The number of nitriles is 1. The summed E-state index contributed by atoms with van der Waals surface area (Å²) in [5.41, 5.74) is 1.88. The molecule has 2 atom stereocenters. The van der Waals surface area contributed by atoms with Crippen LogP contribution in [0.5, 0.6) is 11.6 Å². The van der Waals surface area contributed by atoms with Crippen molar-refractivity contribution in [1.82, 2.24) is 15.2 Å². The number of likely N-dealkylation sites (N-methyl/N-ethyl adjacent to an activating group) is 1. The molecule has 1 aromatic heterocycles. The molecular formula is C37H40FN5O4. The number of piperidine rings is 1. The minimum atomic E-state index is -0.970. The van der Waals surface area contributed by atoms with Crippen molar-refractivity contribution >= 4 is 33.3 Å². The lowest BCUT2D eigenvalue weighted by atomic mass is 9.74. The Morgan fingerprint density at radius 3 is 2.81 bits per heavy atom. The van der Waals surface area contributed by atoms with E-state index in [1.807, 2.05) is 30.3 Å². The fourth-order valence-electron chi connectivity index (χ4n) is 8.01. The molecule has 3 aliphatic rings. The molecule has 7 rings (SSSR count). The number of halogens is 1. The number of nitrogens with one attached hydrogen (secondary N) is 1. The van der Waals surface area contributed by atoms with Gasteiger partial charge in [0.2, 0.25) is 11.8 Å². The van der Waals surface area contributed by atoms with Crippen LogP contribution in [0.4, 0.5) is 10.1 Å². The molecule has 4 aromatic rings. The Bertz CT molecular complexity index is 1900. The summed E-state index contributed by atoms with van der Waals surface area (Å²) >= 11 is 0. The van der Waals surface area contributed by atoms with Gasteiger partial charge in [-0.2, -0.15) is 5.26 Å². The Kier molecular flexibility index (Phi) is 8.47. The lowest BCUT2D eigenvalue weighted by Crippen LogP contribution is -2.50. The molecule has 0 bridgehead atoms. The van der Waals surface area contributed by atoms with Crippen LogP contribution in [0.2, 0.25) is 0 Å². The summed E-state index contributed by atoms with van der Waals surface area (Å²) in [6, 6.07) is 15.1. The van der Waals surface area contributed by atoms with Gasteiger partial charge < -0.3 is 30.1 Å². The van der Waals surface area contributed by atoms with E-state index in [1.54, 1.807) is 17.0 Å². The van der Waals surface area contributed by atoms with E-state index in [-0.39, 0.29) is 42.2 Å². The van der Waals surface area contributed by atoms with Crippen LogP contribution in [0, 0.1) is 17.1 Å². The molecule has 1 amide bonds. The Hall–Kier alpha value is -4.30. The Labute approximate surface area is 273 Å². The average molecular weight is 638 g/mol. The zero-order valence-corrected chi connectivity index (χ0v) is 26.7. The second-order valence-electron chi connectivity index (χ2n) is 13.1. The summed E-state index contributed by atoms with van der Waals surface area (Å²) in [5, 5.41) is 35.7. The molecule has 1 unspecified atom stereocenters. The minimum Gasteiger partial charge on any atom is -0.508 e. The fourth-order valence-corrected chi connectivity index (χ4v) is 8.01. The summed E-state index contributed by atoms with van der Waals surface area (Å²) in [4.78, 5) is 23.1. The van der Waals surface area contributed by atoms with Gasteiger partial charge in [-0.25, -0.2) is 9.37 Å². The number of benzene rings is 3. The first-order valence-electron chi connectivity index (χ1n) is 16.6. The highest BCUT2D eigenvalue weighted by Crippen LogP contribution is 2.53. The standard InChI is InChI=1S/C37H40FN5O4/c1-42-15-6-10-25(42)21-47-35-34-31(37(12-7-14-40-22-37)36(46)43(34)16-17-44)29-19-24(9-4-5-13-39)30(32(38)33(29)41-35)28-20-26(45)18-23-8-2-3-11-27(23)28/h2-3,8,11,18-20,25,40,44-45H,4-7,9-10,12,14-17,21-22H2,1H3/t25-,37?/m0/s1. The number of fused-ring (bicyclic) bond motifs is 5. The quantitative estimate of drug-likeness (QED) is 0.215. The van der Waals surface area contributed by atoms with Gasteiger partial charge in [-0.1, -0.05) is 24.3 Å². The average Bonchev–Trinajstić information content (AvgIpc) is 3.59. The molecule has 4 heterocycles. The van der Waals surface area contributed by atoms with E-state index in [0.29, 0.717) is 72.2 Å². The molecule has 0 radical (unpaired) electrons. The van der Waals surface area contributed by atoms with Crippen LogP contribution in [0.3, 0.4) is 0 Å². The Balaban J connectivity index is 1.53. The molecule has 244 valence electrons. The Morgan fingerprint density at radius 1 is 1.21 bits per heavy atom. The number of aliphatic hydroxyl groups is 1. The van der Waals surface area contributed by atoms with Crippen molar-refractivity contribution in [1.29, 1.82) is 5.26 Å². The van der Waals surface area contributed by atoms with E-state index >= 15 is 4.39 Å². The topological polar surface area (TPSA) is 122 Å². The molecule has 1 spiro atoms. The van der Waals surface area contributed by atoms with Gasteiger partial charge in [-0.3, -0.25) is 4.79 Å². The number of pyridine rings is 1. The molecule has 47 heavy (non-hydrogen) atoms. The molecule has 3 aliphatic heterocycles. The molecular weight excluding hydrogens is 597 g/mol. The van der Waals surface area contributed by atoms with E-state index in [2.05, 4.69) is 23.3 Å². The number of rotatable bonds is 9. The normalized spacial score (nSPS) is 21.2. The summed E-state index contributed by atoms with van der Waals surface area (Å²) in [5.74, 6) is -0.478. The third-order valence-corrected chi connectivity index (χ3v) is 10.3. The molecule has 2 saturated heterocycles. The number of aromatic nitrogens is 1. The number of phenols is 1. The van der Waals surface area contributed by atoms with Crippen molar-refractivity contribution in [3.05, 3.63) is 59.4 Å². The number of unbranched alkanes of at least 4 members (excludes halogenated alkanes) is 1. The van der Waals surface area contributed by atoms with Gasteiger partial charge in [0.05, 0.1) is 18.1 Å². The number of carbonyl (C=O) groups excluding carboxylic acids is 1. The van der Waals surface area contributed by atoms with E-state index in [9.17, 15) is 20.3 Å². The molecule has 9 nitrogen and oxygen atoms in total. The van der Waals surface area contributed by atoms with Crippen LogP contribution in [-0.2, 0) is 16.6 Å². The smallest absolute Gasteiger partial charge is 0.239 e. The molecule has 10 heteroatoms. The van der Waals surface area contributed by atoms with Gasteiger partial charge in [0.1, 0.15) is 23.6 Å². The number of phenolic OH excluding ortho intramolecular Hbond substituents is 1. The fraction of sp³-hybridized carbons (Fsp3) is 0.432. The van der Waals surface area contributed by atoms with Crippen LogP contribution < -0.4 is 15.0 Å². The van der Waals surface area contributed by atoms with E-state index < -0.39 is 11.2 Å². The number of hydrogen-bond acceptors (Lipinski definition) is 8. The molecule has 3 aromatic carbocycles. The highest BCUT2D eigenvalue weighted by atomic mass is 19.1. The third-order valence-electron chi connectivity index (χ3n) is 10.3. The van der Waals surface area contributed by atoms with Gasteiger partial charge in [0, 0.05) is 42.1 Å². The zero-order valence-electron chi connectivity index (χ0n) is 26.7. The lowest BCUT2D eigenvalue weighted by Gasteiger charge is -2.33. The number of aryl methyl sites for hydroxylation is 1. The number of aliphatic hydroxyl groups excluding tert-OH is 1. The van der Waals surface area contributed by atoms with Gasteiger partial charge in [0.15, 0.2) is 5.82 Å². The molecule has 0 aliphatic carbocycles. The van der Waals surface area contributed by atoms with E-state index in [0.717, 1.165) is 43.1 Å². The number of amides is 1. The van der Waals surface area contributed by atoms with Gasteiger partial charge >= 0.3 is 0 Å². The maximum Gasteiger partial charge on any atom is 0.239 e. The predicted octanol–water partition coefficient (Wildman–Crippen LogP) is 5.18. The number of carbonyl (C=O) groups is 1. The second-order valence-corrected chi connectivity index (χ2v) is 13.1.